The molecule has 2 rings (SSSR count). The smallest absolute Gasteiger partial charge is 0.115 e. The topological polar surface area (TPSA) is 59.3 Å². The molecule has 5 heteroatoms. The van der Waals surface area contributed by atoms with Gasteiger partial charge in [-0.1, -0.05) is 12.1 Å². The molecule has 0 saturated heterocycles. The highest BCUT2D eigenvalue weighted by Crippen LogP contribution is 2.21. The van der Waals surface area contributed by atoms with Crippen molar-refractivity contribution < 1.29 is 9.84 Å². The Bertz CT molecular complexity index is 525. The van der Waals surface area contributed by atoms with Crippen LogP contribution in [0.15, 0.2) is 36.7 Å². The van der Waals surface area contributed by atoms with Crippen molar-refractivity contribution in [2.45, 2.75) is 19.5 Å². The Morgan fingerprint density at radius 1 is 1.47 bits per heavy atom. The molecular formula is C14H19N3O2. The molecule has 1 heterocycles. The Kier molecular flexibility index (Phi) is 4.41. The van der Waals surface area contributed by atoms with E-state index in [4.69, 9.17) is 4.74 Å². The molecule has 19 heavy (non-hydrogen) atoms. The number of aromatic nitrogens is 2. The summed E-state index contributed by atoms with van der Waals surface area (Å²) in [5.74, 6) is 0.280. The zero-order chi connectivity index (χ0) is 13.7. The van der Waals surface area contributed by atoms with E-state index in [-0.39, 0.29) is 11.8 Å². The number of nitrogens with one attached hydrogen (secondary N) is 1. The first-order valence-electron chi connectivity index (χ1n) is 6.26. The largest absolute Gasteiger partial charge is 0.508 e. The van der Waals surface area contributed by atoms with E-state index in [0.29, 0.717) is 6.61 Å². The highest BCUT2D eigenvalue weighted by atomic mass is 16.5. The van der Waals surface area contributed by atoms with Crippen LogP contribution < -0.4 is 5.32 Å². The maximum Gasteiger partial charge on any atom is 0.115 e. The molecule has 0 saturated carbocycles. The zero-order valence-electron chi connectivity index (χ0n) is 11.2. The molecule has 1 aromatic heterocycles. The quantitative estimate of drug-likeness (QED) is 0.838. The number of hydrogen-bond donors (Lipinski definition) is 2. The molecule has 0 spiro atoms. The Morgan fingerprint density at radius 2 is 2.32 bits per heavy atom. The summed E-state index contributed by atoms with van der Waals surface area (Å²) in [7, 11) is 1.67. The van der Waals surface area contributed by atoms with Gasteiger partial charge in [0, 0.05) is 19.3 Å². The number of aromatic hydroxyl groups is 1. The molecule has 102 valence electrons. The molecule has 5 nitrogen and oxygen atoms in total. The summed E-state index contributed by atoms with van der Waals surface area (Å²) in [4.78, 5) is 0. The number of nitrogens with zero attached hydrogens (tertiary/aromatic N) is 2. The fraction of sp³-hybridized carbons (Fsp3) is 0.357. The standard InChI is InChI=1S/C14H19N3O2/c1-11(12-4-3-5-14(18)8-12)16-13-9-15-17(10-13)6-7-19-2/h3-5,8-11,16,18H,6-7H2,1-2H3. The number of benzene rings is 1. The van der Waals surface area contributed by atoms with Crippen LogP contribution in [-0.4, -0.2) is 28.6 Å². The van der Waals surface area contributed by atoms with Crippen molar-refractivity contribution >= 4 is 5.69 Å². The number of rotatable bonds is 6. The fourth-order valence-corrected chi connectivity index (χ4v) is 1.87. The van der Waals surface area contributed by atoms with Crippen LogP contribution in [0, 0.1) is 0 Å². The van der Waals surface area contributed by atoms with Crippen LogP contribution in [-0.2, 0) is 11.3 Å². The number of hydrogen-bond acceptors (Lipinski definition) is 4. The Hall–Kier alpha value is -2.01. The van der Waals surface area contributed by atoms with Crippen molar-refractivity contribution in [2.24, 2.45) is 0 Å². The molecule has 1 unspecified atom stereocenters. The molecule has 0 aliphatic carbocycles. The molecule has 2 N–H and O–H groups in total. The number of methoxy groups -OCH3 is 1. The molecule has 1 atom stereocenters. The van der Waals surface area contributed by atoms with Crippen molar-refractivity contribution in [3.8, 4) is 5.75 Å². The Morgan fingerprint density at radius 3 is 3.05 bits per heavy atom. The minimum atomic E-state index is 0.104. The van der Waals surface area contributed by atoms with Crippen LogP contribution in [0.2, 0.25) is 0 Å². The average Bonchev–Trinajstić information content (AvgIpc) is 2.84. The second kappa shape index (κ2) is 6.24. The lowest BCUT2D eigenvalue weighted by Gasteiger charge is -2.14. The van der Waals surface area contributed by atoms with E-state index >= 15 is 0 Å². The van der Waals surface area contributed by atoms with Gasteiger partial charge in [-0.3, -0.25) is 4.68 Å². The molecule has 0 aliphatic rings. The monoisotopic (exact) mass is 261 g/mol. The number of phenolic OH excluding ortho intramolecular Hbond substituents is 1. The van der Waals surface area contributed by atoms with Crippen molar-refractivity contribution in [3.05, 3.63) is 42.2 Å². The van der Waals surface area contributed by atoms with Gasteiger partial charge < -0.3 is 15.2 Å². The summed E-state index contributed by atoms with van der Waals surface area (Å²) in [6.07, 6.45) is 3.73. The number of ether oxygens (including phenoxy) is 1. The predicted molar refractivity (Wildman–Crippen MR) is 74.2 cm³/mol. The minimum absolute atomic E-state index is 0.104. The van der Waals surface area contributed by atoms with Gasteiger partial charge in [0.15, 0.2) is 0 Å². The molecule has 0 aliphatic heterocycles. The van der Waals surface area contributed by atoms with Crippen LogP contribution in [0.5, 0.6) is 5.75 Å². The summed E-state index contributed by atoms with van der Waals surface area (Å²) in [5, 5.41) is 17.1. The van der Waals surface area contributed by atoms with Gasteiger partial charge in [-0.2, -0.15) is 5.10 Å². The lowest BCUT2D eigenvalue weighted by atomic mass is 10.1. The normalized spacial score (nSPS) is 12.3. The van der Waals surface area contributed by atoms with Gasteiger partial charge in [-0.15, -0.1) is 0 Å². The maximum atomic E-state index is 9.47. The number of anilines is 1. The van der Waals surface area contributed by atoms with Crippen LogP contribution in [0.1, 0.15) is 18.5 Å². The lowest BCUT2D eigenvalue weighted by Crippen LogP contribution is -2.06. The average molecular weight is 261 g/mol. The highest BCUT2D eigenvalue weighted by molar-refractivity contribution is 5.42. The maximum absolute atomic E-state index is 9.47. The van der Waals surface area contributed by atoms with Gasteiger partial charge in [-0.25, -0.2) is 0 Å². The molecule has 0 amide bonds. The van der Waals surface area contributed by atoms with Crippen LogP contribution in [0.25, 0.3) is 0 Å². The molecular weight excluding hydrogens is 242 g/mol. The Labute approximate surface area is 112 Å². The third-order valence-electron chi connectivity index (χ3n) is 2.91. The van der Waals surface area contributed by atoms with Crippen LogP contribution in [0.4, 0.5) is 5.69 Å². The predicted octanol–water partition coefficient (Wildman–Crippen LogP) is 2.41. The third-order valence-corrected chi connectivity index (χ3v) is 2.91. The highest BCUT2D eigenvalue weighted by Gasteiger charge is 2.07. The van der Waals surface area contributed by atoms with Crippen LogP contribution in [0.3, 0.4) is 0 Å². The van der Waals surface area contributed by atoms with Crippen molar-refractivity contribution in [3.63, 3.8) is 0 Å². The van der Waals surface area contributed by atoms with Gasteiger partial charge in [0.1, 0.15) is 5.75 Å². The van der Waals surface area contributed by atoms with Gasteiger partial charge in [0.25, 0.3) is 0 Å². The van der Waals surface area contributed by atoms with E-state index in [1.165, 1.54) is 0 Å². The SMILES string of the molecule is COCCn1cc(NC(C)c2cccc(O)c2)cn1. The van der Waals surface area contributed by atoms with Gasteiger partial charge >= 0.3 is 0 Å². The molecule has 2 aromatic rings. The second-order valence-corrected chi connectivity index (χ2v) is 4.45. The van der Waals surface area contributed by atoms with E-state index < -0.39 is 0 Å². The van der Waals surface area contributed by atoms with Gasteiger partial charge in [0.05, 0.1) is 25.0 Å². The van der Waals surface area contributed by atoms with E-state index in [1.54, 1.807) is 25.4 Å². The molecule has 0 radical (unpaired) electrons. The molecule has 0 bridgehead atoms. The molecule has 0 fully saturated rings. The fourth-order valence-electron chi connectivity index (χ4n) is 1.87. The first-order chi connectivity index (χ1) is 9.19. The zero-order valence-corrected chi connectivity index (χ0v) is 11.2. The Balaban J connectivity index is 1.98. The van der Waals surface area contributed by atoms with Gasteiger partial charge in [-0.05, 0) is 24.6 Å². The lowest BCUT2D eigenvalue weighted by molar-refractivity contribution is 0.183. The van der Waals surface area contributed by atoms with Crippen molar-refractivity contribution in [1.82, 2.24) is 9.78 Å². The van der Waals surface area contributed by atoms with Crippen molar-refractivity contribution in [1.29, 1.82) is 0 Å². The number of phenols is 1. The summed E-state index contributed by atoms with van der Waals surface area (Å²) in [6, 6.07) is 7.34. The van der Waals surface area contributed by atoms with E-state index in [1.807, 2.05) is 29.9 Å². The van der Waals surface area contributed by atoms with E-state index in [2.05, 4.69) is 10.4 Å². The minimum Gasteiger partial charge on any atom is -0.508 e. The first-order valence-corrected chi connectivity index (χ1v) is 6.26. The third kappa shape index (κ3) is 3.72. The van der Waals surface area contributed by atoms with Crippen LogP contribution >= 0.6 is 0 Å². The van der Waals surface area contributed by atoms with E-state index in [9.17, 15) is 5.11 Å². The summed E-state index contributed by atoms with van der Waals surface area (Å²) < 4.78 is 6.84. The molecule has 1 aromatic carbocycles. The van der Waals surface area contributed by atoms with Gasteiger partial charge in [0.2, 0.25) is 0 Å². The first kappa shape index (κ1) is 13.4. The summed E-state index contributed by atoms with van der Waals surface area (Å²) in [5.41, 5.74) is 1.98. The summed E-state index contributed by atoms with van der Waals surface area (Å²) in [6.45, 7) is 3.42. The second-order valence-electron chi connectivity index (χ2n) is 4.45. The van der Waals surface area contributed by atoms with E-state index in [0.717, 1.165) is 17.8 Å². The van der Waals surface area contributed by atoms with Crippen molar-refractivity contribution in [2.75, 3.05) is 19.0 Å². The summed E-state index contributed by atoms with van der Waals surface area (Å²) >= 11 is 0.